The minimum Gasteiger partial charge on any atom is -0.476 e. The van der Waals surface area contributed by atoms with Crippen LogP contribution in [0.25, 0.3) is 0 Å². The van der Waals surface area contributed by atoms with Crippen molar-refractivity contribution >= 4 is 23.2 Å². The third kappa shape index (κ3) is 3.18. The Kier molecular flexibility index (Phi) is 4.09. The summed E-state index contributed by atoms with van der Waals surface area (Å²) in [6.45, 7) is 1.68. The summed E-state index contributed by atoms with van der Waals surface area (Å²) >= 11 is 1.15. The SMILES string of the molecule is CC(NC(=O)c1cccc(F)c1)c1nc(C(=O)O)cs1. The van der Waals surface area contributed by atoms with E-state index in [-0.39, 0.29) is 11.3 Å². The van der Waals surface area contributed by atoms with Gasteiger partial charge in [-0.15, -0.1) is 11.3 Å². The molecule has 1 atom stereocenters. The van der Waals surface area contributed by atoms with Crippen LogP contribution in [0.5, 0.6) is 0 Å². The molecule has 0 fully saturated rings. The molecule has 7 heteroatoms. The largest absolute Gasteiger partial charge is 0.476 e. The van der Waals surface area contributed by atoms with Crippen molar-refractivity contribution in [2.24, 2.45) is 0 Å². The fourth-order valence-corrected chi connectivity index (χ4v) is 2.36. The molecule has 104 valence electrons. The second kappa shape index (κ2) is 5.79. The van der Waals surface area contributed by atoms with Gasteiger partial charge >= 0.3 is 5.97 Å². The lowest BCUT2D eigenvalue weighted by Crippen LogP contribution is -2.26. The predicted molar refractivity (Wildman–Crippen MR) is 71.4 cm³/mol. The standard InChI is InChI=1S/C13H11FN2O3S/c1-7(12-16-10(6-20-12)13(18)19)15-11(17)8-3-2-4-9(14)5-8/h2-7H,1H3,(H,15,17)(H,18,19). The predicted octanol–water partition coefficient (Wildman–Crippen LogP) is 2.47. The molecule has 2 aromatic rings. The molecule has 0 spiro atoms. The number of hydrogen-bond acceptors (Lipinski definition) is 4. The van der Waals surface area contributed by atoms with Gasteiger partial charge in [-0.25, -0.2) is 14.2 Å². The fraction of sp³-hybridized carbons (Fsp3) is 0.154. The van der Waals surface area contributed by atoms with Crippen LogP contribution in [0.15, 0.2) is 29.6 Å². The van der Waals surface area contributed by atoms with Crippen molar-refractivity contribution in [1.29, 1.82) is 0 Å². The van der Waals surface area contributed by atoms with Crippen LogP contribution in [-0.4, -0.2) is 22.0 Å². The molecule has 1 aromatic heterocycles. The molecule has 2 rings (SSSR count). The Balaban J connectivity index is 2.08. The Labute approximate surface area is 118 Å². The Morgan fingerprint density at radius 2 is 2.20 bits per heavy atom. The van der Waals surface area contributed by atoms with E-state index in [1.807, 2.05) is 0 Å². The fourth-order valence-electron chi connectivity index (χ4n) is 1.56. The summed E-state index contributed by atoms with van der Waals surface area (Å²) in [7, 11) is 0. The Morgan fingerprint density at radius 1 is 1.45 bits per heavy atom. The van der Waals surface area contributed by atoms with Crippen molar-refractivity contribution in [3.05, 3.63) is 51.7 Å². The van der Waals surface area contributed by atoms with Gasteiger partial charge in [-0.1, -0.05) is 6.07 Å². The molecule has 2 N–H and O–H groups in total. The normalized spacial score (nSPS) is 11.9. The van der Waals surface area contributed by atoms with E-state index < -0.39 is 23.7 Å². The van der Waals surface area contributed by atoms with E-state index in [2.05, 4.69) is 10.3 Å². The van der Waals surface area contributed by atoms with E-state index in [4.69, 9.17) is 5.11 Å². The number of carboxylic acids is 1. The van der Waals surface area contributed by atoms with Crippen molar-refractivity contribution < 1.29 is 19.1 Å². The molecule has 1 heterocycles. The molecule has 0 bridgehead atoms. The summed E-state index contributed by atoms with van der Waals surface area (Å²) < 4.78 is 13.0. The average molecular weight is 294 g/mol. The highest BCUT2D eigenvalue weighted by Crippen LogP contribution is 2.18. The third-order valence-electron chi connectivity index (χ3n) is 2.55. The van der Waals surface area contributed by atoms with Gasteiger partial charge in [-0.3, -0.25) is 4.79 Å². The van der Waals surface area contributed by atoms with Gasteiger partial charge in [0.1, 0.15) is 10.8 Å². The van der Waals surface area contributed by atoms with E-state index in [1.54, 1.807) is 6.92 Å². The van der Waals surface area contributed by atoms with Crippen LogP contribution in [0.4, 0.5) is 4.39 Å². The summed E-state index contributed by atoms with van der Waals surface area (Å²) in [5.41, 5.74) is 0.142. The van der Waals surface area contributed by atoms with Crippen molar-refractivity contribution in [3.63, 3.8) is 0 Å². The first-order valence-corrected chi connectivity index (χ1v) is 6.60. The zero-order valence-corrected chi connectivity index (χ0v) is 11.3. The molecule has 5 nitrogen and oxygen atoms in total. The number of hydrogen-bond donors (Lipinski definition) is 2. The highest BCUT2D eigenvalue weighted by molar-refractivity contribution is 7.09. The quantitative estimate of drug-likeness (QED) is 0.908. The van der Waals surface area contributed by atoms with Gasteiger partial charge in [0.15, 0.2) is 5.69 Å². The summed E-state index contributed by atoms with van der Waals surface area (Å²) in [4.78, 5) is 26.5. The highest BCUT2D eigenvalue weighted by atomic mass is 32.1. The van der Waals surface area contributed by atoms with Crippen LogP contribution < -0.4 is 5.32 Å². The number of benzene rings is 1. The first-order chi connectivity index (χ1) is 9.47. The molecule has 0 saturated carbocycles. The summed E-state index contributed by atoms with van der Waals surface area (Å²) in [5, 5.41) is 13.3. The van der Waals surface area contributed by atoms with E-state index >= 15 is 0 Å². The number of carbonyl (C=O) groups is 2. The van der Waals surface area contributed by atoms with E-state index in [1.165, 1.54) is 23.6 Å². The number of halogens is 1. The van der Waals surface area contributed by atoms with Gasteiger partial charge in [0.05, 0.1) is 6.04 Å². The van der Waals surface area contributed by atoms with Crippen molar-refractivity contribution in [2.45, 2.75) is 13.0 Å². The van der Waals surface area contributed by atoms with Crippen molar-refractivity contribution in [2.75, 3.05) is 0 Å². The molecule has 0 aliphatic heterocycles. The third-order valence-corrected chi connectivity index (χ3v) is 3.57. The van der Waals surface area contributed by atoms with Gasteiger partial charge in [-0.05, 0) is 25.1 Å². The number of carboxylic acid groups (broad SMARTS) is 1. The minimum atomic E-state index is -1.11. The molecule has 1 amide bonds. The first-order valence-electron chi connectivity index (χ1n) is 5.72. The number of aromatic carboxylic acids is 1. The van der Waals surface area contributed by atoms with Gasteiger partial charge < -0.3 is 10.4 Å². The number of carbonyl (C=O) groups excluding carboxylic acids is 1. The van der Waals surface area contributed by atoms with Crippen LogP contribution in [-0.2, 0) is 0 Å². The van der Waals surface area contributed by atoms with Crippen LogP contribution in [0.2, 0.25) is 0 Å². The Morgan fingerprint density at radius 3 is 2.80 bits per heavy atom. The maximum absolute atomic E-state index is 13.0. The zero-order valence-electron chi connectivity index (χ0n) is 10.5. The van der Waals surface area contributed by atoms with E-state index in [0.29, 0.717) is 5.01 Å². The number of nitrogens with one attached hydrogen (secondary N) is 1. The zero-order chi connectivity index (χ0) is 14.7. The number of aromatic nitrogens is 1. The minimum absolute atomic E-state index is 0.0585. The number of rotatable bonds is 4. The van der Waals surface area contributed by atoms with E-state index in [0.717, 1.165) is 17.4 Å². The lowest BCUT2D eigenvalue weighted by Gasteiger charge is -2.11. The first kappa shape index (κ1) is 14.1. The summed E-state index contributed by atoms with van der Waals surface area (Å²) in [6.07, 6.45) is 0. The lowest BCUT2D eigenvalue weighted by atomic mass is 10.2. The van der Waals surface area contributed by atoms with Crippen LogP contribution in [0.1, 0.15) is 38.8 Å². The van der Waals surface area contributed by atoms with E-state index in [9.17, 15) is 14.0 Å². The summed E-state index contributed by atoms with van der Waals surface area (Å²) in [5.74, 6) is -2.05. The van der Waals surface area contributed by atoms with Crippen LogP contribution in [0, 0.1) is 5.82 Å². The molecule has 0 aliphatic rings. The molecule has 0 saturated heterocycles. The van der Waals surface area contributed by atoms with Gasteiger partial charge in [-0.2, -0.15) is 0 Å². The average Bonchev–Trinajstić information content (AvgIpc) is 2.88. The maximum Gasteiger partial charge on any atom is 0.355 e. The molecular formula is C13H11FN2O3S. The molecule has 0 radical (unpaired) electrons. The van der Waals surface area contributed by atoms with Crippen molar-refractivity contribution in [3.8, 4) is 0 Å². The maximum atomic E-state index is 13.0. The number of nitrogens with zero attached hydrogens (tertiary/aromatic N) is 1. The lowest BCUT2D eigenvalue weighted by molar-refractivity contribution is 0.0691. The monoisotopic (exact) mass is 294 g/mol. The van der Waals surface area contributed by atoms with Crippen LogP contribution in [0.3, 0.4) is 0 Å². The molecule has 1 aromatic carbocycles. The van der Waals surface area contributed by atoms with Gasteiger partial charge in [0, 0.05) is 10.9 Å². The number of thiazole rings is 1. The molecule has 0 aliphatic carbocycles. The second-order valence-corrected chi connectivity index (χ2v) is 4.97. The molecule has 20 heavy (non-hydrogen) atoms. The van der Waals surface area contributed by atoms with Crippen molar-refractivity contribution in [1.82, 2.24) is 10.3 Å². The molecular weight excluding hydrogens is 283 g/mol. The highest BCUT2D eigenvalue weighted by Gasteiger charge is 2.16. The topological polar surface area (TPSA) is 79.3 Å². The Hall–Kier alpha value is -2.28. The number of amides is 1. The summed E-state index contributed by atoms with van der Waals surface area (Å²) in [6, 6.07) is 4.87. The van der Waals surface area contributed by atoms with Gasteiger partial charge in [0.25, 0.3) is 5.91 Å². The van der Waals surface area contributed by atoms with Crippen LogP contribution >= 0.6 is 11.3 Å². The Bertz CT molecular complexity index is 657. The van der Waals surface area contributed by atoms with Gasteiger partial charge in [0.2, 0.25) is 0 Å². The molecule has 1 unspecified atom stereocenters. The second-order valence-electron chi connectivity index (χ2n) is 4.08. The smallest absolute Gasteiger partial charge is 0.355 e.